The Kier molecular flexibility index (Phi) is 6.49. The highest BCUT2D eigenvalue weighted by Crippen LogP contribution is 2.15. The average molecular weight is 311 g/mol. The van der Waals surface area contributed by atoms with Crippen molar-refractivity contribution >= 4 is 17.5 Å². The van der Waals surface area contributed by atoms with Crippen molar-refractivity contribution in [3.63, 3.8) is 0 Å². The monoisotopic (exact) mass is 310 g/mol. The zero-order valence-corrected chi connectivity index (χ0v) is 13.3. The molecule has 21 heavy (non-hydrogen) atoms. The van der Waals surface area contributed by atoms with Gasteiger partial charge in [0.1, 0.15) is 6.61 Å². The predicted octanol–water partition coefficient (Wildman–Crippen LogP) is 2.41. The Morgan fingerprint density at radius 1 is 1.24 bits per heavy atom. The predicted molar refractivity (Wildman–Crippen MR) is 84.4 cm³/mol. The second-order valence-electron chi connectivity index (χ2n) is 5.25. The molecule has 0 atom stereocenters. The van der Waals surface area contributed by atoms with Gasteiger partial charge < -0.3 is 14.5 Å². The lowest BCUT2D eigenvalue weighted by atomic mass is 10.2. The number of hydrogen-bond acceptors (Lipinski definition) is 3. The number of benzene rings is 1. The molecule has 0 saturated carbocycles. The molecule has 0 N–H and O–H groups in total. The smallest absolute Gasteiger partial charge is 0.248 e. The Morgan fingerprint density at radius 2 is 2.05 bits per heavy atom. The van der Waals surface area contributed by atoms with Gasteiger partial charge in [0.25, 0.3) is 0 Å². The fourth-order valence-corrected chi connectivity index (χ4v) is 2.68. The quantitative estimate of drug-likeness (QED) is 0.837. The molecule has 0 aromatic heterocycles. The van der Waals surface area contributed by atoms with Crippen molar-refractivity contribution in [3.8, 4) is 0 Å². The summed E-state index contributed by atoms with van der Waals surface area (Å²) < 4.78 is 5.52. The summed E-state index contributed by atoms with van der Waals surface area (Å²) in [4.78, 5) is 16.4. The van der Waals surface area contributed by atoms with Crippen molar-refractivity contribution < 1.29 is 9.53 Å². The zero-order chi connectivity index (χ0) is 15.1. The Balaban J connectivity index is 1.75. The van der Waals surface area contributed by atoms with Crippen LogP contribution >= 0.6 is 11.6 Å². The summed E-state index contributed by atoms with van der Waals surface area (Å²) in [7, 11) is 0. The molecule has 0 bridgehead atoms. The first kappa shape index (κ1) is 16.3. The van der Waals surface area contributed by atoms with Gasteiger partial charge in [-0.2, -0.15) is 0 Å². The van der Waals surface area contributed by atoms with Crippen molar-refractivity contribution in [1.29, 1.82) is 0 Å². The van der Waals surface area contributed by atoms with Crippen LogP contribution in [-0.4, -0.2) is 55.0 Å². The van der Waals surface area contributed by atoms with E-state index in [9.17, 15) is 4.79 Å². The molecule has 1 fully saturated rings. The van der Waals surface area contributed by atoms with Crippen LogP contribution in [0.1, 0.15) is 18.9 Å². The molecule has 0 radical (unpaired) electrons. The Bertz CT molecular complexity index is 467. The molecule has 1 aromatic carbocycles. The van der Waals surface area contributed by atoms with Gasteiger partial charge in [0.15, 0.2) is 0 Å². The van der Waals surface area contributed by atoms with Crippen molar-refractivity contribution in [2.75, 3.05) is 39.3 Å². The molecular formula is C16H23ClN2O2. The maximum atomic E-state index is 12.2. The minimum absolute atomic E-state index is 0.0695. The highest BCUT2D eigenvalue weighted by Gasteiger charge is 2.18. The second kappa shape index (κ2) is 8.37. The molecule has 5 heteroatoms. The summed E-state index contributed by atoms with van der Waals surface area (Å²) >= 11 is 6.06. The first-order chi connectivity index (χ1) is 10.2. The Morgan fingerprint density at radius 3 is 2.81 bits per heavy atom. The van der Waals surface area contributed by atoms with E-state index in [0.29, 0.717) is 11.6 Å². The third-order valence-electron chi connectivity index (χ3n) is 3.83. The molecular weight excluding hydrogens is 288 g/mol. The van der Waals surface area contributed by atoms with Gasteiger partial charge in [-0.15, -0.1) is 0 Å². The number of likely N-dealkylation sites (N-methyl/N-ethyl adjacent to an activating group) is 1. The van der Waals surface area contributed by atoms with Crippen LogP contribution in [0.4, 0.5) is 0 Å². The van der Waals surface area contributed by atoms with Gasteiger partial charge in [0.05, 0.1) is 6.61 Å². The molecule has 1 aliphatic heterocycles. The van der Waals surface area contributed by atoms with Crippen LogP contribution in [0.2, 0.25) is 5.02 Å². The molecule has 0 unspecified atom stereocenters. The van der Waals surface area contributed by atoms with E-state index in [4.69, 9.17) is 16.3 Å². The standard InChI is InChI=1S/C16H23ClN2O2/c1-2-18-8-5-9-19(11-10-18)16(20)13-21-12-14-6-3-4-7-15(14)17/h3-4,6-7H,2,5,8-13H2,1H3. The SMILES string of the molecule is CCN1CCCN(C(=O)COCc2ccccc2Cl)CC1. The number of amides is 1. The van der Waals surface area contributed by atoms with E-state index in [1.807, 2.05) is 29.2 Å². The number of nitrogens with zero attached hydrogens (tertiary/aromatic N) is 2. The minimum atomic E-state index is 0.0695. The van der Waals surface area contributed by atoms with Gasteiger partial charge in [-0.05, 0) is 31.1 Å². The van der Waals surface area contributed by atoms with Gasteiger partial charge in [-0.25, -0.2) is 0 Å². The largest absolute Gasteiger partial charge is 0.367 e. The van der Waals surface area contributed by atoms with Crippen LogP contribution in [0.25, 0.3) is 0 Å². The molecule has 1 heterocycles. The first-order valence-corrected chi connectivity index (χ1v) is 7.89. The molecule has 0 spiro atoms. The summed E-state index contributed by atoms with van der Waals surface area (Å²) in [5.74, 6) is 0.0695. The lowest BCUT2D eigenvalue weighted by Crippen LogP contribution is -2.37. The molecule has 1 amide bonds. The van der Waals surface area contributed by atoms with Crippen molar-refractivity contribution in [2.45, 2.75) is 20.0 Å². The van der Waals surface area contributed by atoms with Crippen LogP contribution < -0.4 is 0 Å². The lowest BCUT2D eigenvalue weighted by molar-refractivity contribution is -0.136. The van der Waals surface area contributed by atoms with E-state index in [2.05, 4.69) is 11.8 Å². The van der Waals surface area contributed by atoms with E-state index < -0.39 is 0 Å². The average Bonchev–Trinajstić information content (AvgIpc) is 2.74. The van der Waals surface area contributed by atoms with E-state index in [1.165, 1.54) is 0 Å². The number of halogens is 1. The molecule has 116 valence electrons. The maximum absolute atomic E-state index is 12.2. The van der Waals surface area contributed by atoms with Crippen molar-refractivity contribution in [3.05, 3.63) is 34.9 Å². The summed E-state index contributed by atoms with van der Waals surface area (Å²) in [6.07, 6.45) is 1.03. The van der Waals surface area contributed by atoms with Gasteiger partial charge in [0, 0.05) is 24.7 Å². The zero-order valence-electron chi connectivity index (χ0n) is 12.6. The van der Waals surface area contributed by atoms with Crippen molar-refractivity contribution in [1.82, 2.24) is 9.80 Å². The number of carbonyl (C=O) groups is 1. The molecule has 1 aliphatic rings. The Labute approximate surface area is 131 Å². The van der Waals surface area contributed by atoms with Crippen LogP contribution in [0.5, 0.6) is 0 Å². The van der Waals surface area contributed by atoms with Crippen LogP contribution in [0.3, 0.4) is 0 Å². The van der Waals surface area contributed by atoms with Gasteiger partial charge in [-0.1, -0.05) is 36.7 Å². The topological polar surface area (TPSA) is 32.8 Å². The van der Waals surface area contributed by atoms with Gasteiger partial charge in [-0.3, -0.25) is 4.79 Å². The summed E-state index contributed by atoms with van der Waals surface area (Å²) in [6, 6.07) is 7.54. The highest BCUT2D eigenvalue weighted by atomic mass is 35.5. The van der Waals surface area contributed by atoms with E-state index in [0.717, 1.165) is 44.7 Å². The highest BCUT2D eigenvalue weighted by molar-refractivity contribution is 6.31. The van der Waals surface area contributed by atoms with E-state index in [1.54, 1.807) is 0 Å². The molecule has 0 aliphatic carbocycles. The van der Waals surface area contributed by atoms with Crippen LogP contribution in [0, 0.1) is 0 Å². The molecule has 1 saturated heterocycles. The van der Waals surface area contributed by atoms with Gasteiger partial charge in [0.2, 0.25) is 5.91 Å². The molecule has 1 aromatic rings. The van der Waals surface area contributed by atoms with Crippen LogP contribution in [-0.2, 0) is 16.1 Å². The summed E-state index contributed by atoms with van der Waals surface area (Å²) in [6.45, 7) is 7.34. The number of hydrogen-bond donors (Lipinski definition) is 0. The third kappa shape index (κ3) is 4.99. The number of ether oxygens (including phenoxy) is 1. The fraction of sp³-hybridized carbons (Fsp3) is 0.562. The molecule has 2 rings (SSSR count). The van der Waals surface area contributed by atoms with Gasteiger partial charge >= 0.3 is 0 Å². The normalized spacial score (nSPS) is 16.8. The molecule has 4 nitrogen and oxygen atoms in total. The maximum Gasteiger partial charge on any atom is 0.248 e. The first-order valence-electron chi connectivity index (χ1n) is 7.52. The minimum Gasteiger partial charge on any atom is -0.367 e. The fourth-order valence-electron chi connectivity index (χ4n) is 2.49. The van der Waals surface area contributed by atoms with E-state index in [-0.39, 0.29) is 12.5 Å². The van der Waals surface area contributed by atoms with Crippen molar-refractivity contribution in [2.24, 2.45) is 0 Å². The lowest BCUT2D eigenvalue weighted by Gasteiger charge is -2.21. The number of carbonyl (C=O) groups excluding carboxylic acids is 1. The number of rotatable bonds is 5. The summed E-state index contributed by atoms with van der Waals surface area (Å²) in [5, 5.41) is 0.679. The third-order valence-corrected chi connectivity index (χ3v) is 4.20. The second-order valence-corrected chi connectivity index (χ2v) is 5.66. The van der Waals surface area contributed by atoms with E-state index >= 15 is 0 Å². The Hall–Kier alpha value is -1.10. The van der Waals surface area contributed by atoms with Crippen LogP contribution in [0.15, 0.2) is 24.3 Å². The summed E-state index contributed by atoms with van der Waals surface area (Å²) in [5.41, 5.74) is 0.917.